The lowest BCUT2D eigenvalue weighted by atomic mass is 10.0. The van der Waals surface area contributed by atoms with Crippen LogP contribution in [-0.4, -0.2) is 9.97 Å². The van der Waals surface area contributed by atoms with E-state index >= 15 is 0 Å². The Bertz CT molecular complexity index is 689. The lowest BCUT2D eigenvalue weighted by Gasteiger charge is -2.10. The summed E-state index contributed by atoms with van der Waals surface area (Å²) in [5.41, 5.74) is 3.99. The van der Waals surface area contributed by atoms with Gasteiger partial charge in [-0.15, -0.1) is 0 Å². The van der Waals surface area contributed by atoms with E-state index in [1.165, 1.54) is 5.56 Å². The fourth-order valence-electron chi connectivity index (χ4n) is 2.23. The Morgan fingerprint density at radius 3 is 2.60 bits per heavy atom. The van der Waals surface area contributed by atoms with E-state index in [9.17, 15) is 4.79 Å². The number of nitrogens with zero attached hydrogens (tertiary/aromatic N) is 1. The van der Waals surface area contributed by atoms with Crippen molar-refractivity contribution in [2.75, 3.05) is 0 Å². The van der Waals surface area contributed by atoms with E-state index in [2.05, 4.69) is 52.7 Å². The topological polar surface area (TPSA) is 45.8 Å². The highest BCUT2D eigenvalue weighted by atomic mass is 79.9. The molecule has 3 nitrogen and oxygen atoms in total. The zero-order valence-corrected chi connectivity index (χ0v) is 13.8. The summed E-state index contributed by atoms with van der Waals surface area (Å²) in [4.78, 5) is 19.5. The summed E-state index contributed by atoms with van der Waals surface area (Å²) in [7, 11) is 0. The van der Waals surface area contributed by atoms with Crippen LogP contribution in [0.25, 0.3) is 11.4 Å². The maximum atomic E-state index is 12.1. The van der Waals surface area contributed by atoms with E-state index in [0.29, 0.717) is 16.2 Å². The van der Waals surface area contributed by atoms with E-state index in [1.54, 1.807) is 0 Å². The van der Waals surface area contributed by atoms with Gasteiger partial charge in [-0.25, -0.2) is 4.98 Å². The molecule has 1 aromatic carbocycles. The first-order chi connectivity index (χ1) is 9.38. The molecular formula is C16H19BrN2O. The molecule has 4 heteroatoms. The molecule has 0 aliphatic carbocycles. The van der Waals surface area contributed by atoms with Crippen LogP contribution in [-0.2, 0) is 6.42 Å². The maximum absolute atomic E-state index is 12.1. The Kier molecular flexibility index (Phi) is 4.43. The molecular weight excluding hydrogens is 316 g/mol. The Balaban J connectivity index is 2.57. The van der Waals surface area contributed by atoms with Crippen molar-refractivity contribution in [2.45, 2.75) is 34.1 Å². The van der Waals surface area contributed by atoms with Crippen LogP contribution in [0.15, 0.2) is 27.5 Å². The minimum Gasteiger partial charge on any atom is -0.306 e. The number of H-pyrrole nitrogens is 1. The second-order valence-electron chi connectivity index (χ2n) is 5.59. The zero-order valence-electron chi connectivity index (χ0n) is 12.2. The Morgan fingerprint density at radius 1 is 1.30 bits per heavy atom. The number of hydrogen-bond acceptors (Lipinski definition) is 2. The van der Waals surface area contributed by atoms with Gasteiger partial charge in [-0.3, -0.25) is 4.79 Å². The highest BCUT2D eigenvalue weighted by molar-refractivity contribution is 9.10. The number of aryl methyl sites for hydroxylation is 2. The molecule has 0 atom stereocenters. The number of halogens is 1. The predicted molar refractivity (Wildman–Crippen MR) is 86.0 cm³/mol. The van der Waals surface area contributed by atoms with Crippen molar-refractivity contribution in [2.24, 2.45) is 5.92 Å². The van der Waals surface area contributed by atoms with Crippen LogP contribution in [0.2, 0.25) is 0 Å². The monoisotopic (exact) mass is 334 g/mol. The molecule has 0 unspecified atom stereocenters. The summed E-state index contributed by atoms with van der Waals surface area (Å²) in [5.74, 6) is 1.10. The lowest BCUT2D eigenvalue weighted by Crippen LogP contribution is -2.15. The molecule has 2 aromatic rings. The number of aromatic nitrogens is 2. The van der Waals surface area contributed by atoms with E-state index in [1.807, 2.05) is 19.1 Å². The highest BCUT2D eigenvalue weighted by Crippen LogP contribution is 2.22. The first kappa shape index (κ1) is 15.0. The molecule has 0 spiro atoms. The standard InChI is InChI=1S/C16H19BrN2O/c1-9(2)7-13-14(17)16(20)19-15(18-13)12-6-5-10(3)8-11(12)4/h5-6,8-9H,7H2,1-4H3,(H,18,19,20). The van der Waals surface area contributed by atoms with E-state index < -0.39 is 0 Å². The van der Waals surface area contributed by atoms with Gasteiger partial charge < -0.3 is 4.98 Å². The van der Waals surface area contributed by atoms with Crippen LogP contribution in [0.1, 0.15) is 30.7 Å². The van der Waals surface area contributed by atoms with Gasteiger partial charge in [0.15, 0.2) is 0 Å². The molecule has 2 rings (SSSR count). The van der Waals surface area contributed by atoms with Crippen LogP contribution in [0.3, 0.4) is 0 Å². The molecule has 0 bridgehead atoms. The van der Waals surface area contributed by atoms with Crippen LogP contribution >= 0.6 is 15.9 Å². The Hall–Kier alpha value is -1.42. The fourth-order valence-corrected chi connectivity index (χ4v) is 2.58. The van der Waals surface area contributed by atoms with Crippen LogP contribution in [0.4, 0.5) is 0 Å². The molecule has 1 heterocycles. The van der Waals surface area contributed by atoms with E-state index in [-0.39, 0.29) is 5.56 Å². The van der Waals surface area contributed by atoms with Gasteiger partial charge in [0.1, 0.15) is 10.3 Å². The third-order valence-corrected chi connectivity index (χ3v) is 3.99. The molecule has 0 aliphatic rings. The molecule has 0 aliphatic heterocycles. The van der Waals surface area contributed by atoms with E-state index in [4.69, 9.17) is 0 Å². The number of nitrogens with one attached hydrogen (secondary N) is 1. The molecule has 0 saturated heterocycles. The summed E-state index contributed by atoms with van der Waals surface area (Å²) < 4.78 is 0.541. The van der Waals surface area contributed by atoms with Gasteiger partial charge in [-0.05, 0) is 47.7 Å². The molecule has 0 fully saturated rings. The first-order valence-electron chi connectivity index (χ1n) is 6.74. The maximum Gasteiger partial charge on any atom is 0.265 e. The van der Waals surface area contributed by atoms with Gasteiger partial charge >= 0.3 is 0 Å². The highest BCUT2D eigenvalue weighted by Gasteiger charge is 2.13. The number of benzene rings is 1. The van der Waals surface area contributed by atoms with Gasteiger partial charge in [0.25, 0.3) is 5.56 Å². The van der Waals surface area contributed by atoms with Gasteiger partial charge in [0, 0.05) is 5.56 Å². The van der Waals surface area contributed by atoms with Crippen molar-refractivity contribution in [1.82, 2.24) is 9.97 Å². The first-order valence-corrected chi connectivity index (χ1v) is 7.54. The lowest BCUT2D eigenvalue weighted by molar-refractivity contribution is 0.631. The Labute approximate surface area is 127 Å². The minimum atomic E-state index is -0.120. The van der Waals surface area contributed by atoms with Crippen molar-refractivity contribution in [3.8, 4) is 11.4 Å². The van der Waals surface area contributed by atoms with Crippen LogP contribution < -0.4 is 5.56 Å². The van der Waals surface area contributed by atoms with Crippen LogP contribution in [0, 0.1) is 19.8 Å². The second kappa shape index (κ2) is 5.92. The smallest absolute Gasteiger partial charge is 0.265 e. The molecule has 20 heavy (non-hydrogen) atoms. The van der Waals surface area contributed by atoms with Crippen molar-refractivity contribution in [1.29, 1.82) is 0 Å². The summed E-state index contributed by atoms with van der Waals surface area (Å²) in [5, 5.41) is 0. The summed E-state index contributed by atoms with van der Waals surface area (Å²) >= 11 is 3.34. The quantitative estimate of drug-likeness (QED) is 0.921. The normalized spacial score (nSPS) is 11.1. The van der Waals surface area contributed by atoms with Gasteiger partial charge in [0.2, 0.25) is 0 Å². The number of rotatable bonds is 3. The third-order valence-electron chi connectivity index (χ3n) is 3.17. The van der Waals surface area contributed by atoms with Gasteiger partial charge in [-0.2, -0.15) is 0 Å². The van der Waals surface area contributed by atoms with Crippen molar-refractivity contribution in [3.63, 3.8) is 0 Å². The second-order valence-corrected chi connectivity index (χ2v) is 6.38. The van der Waals surface area contributed by atoms with Crippen molar-refractivity contribution < 1.29 is 0 Å². The van der Waals surface area contributed by atoms with Gasteiger partial charge in [-0.1, -0.05) is 37.6 Å². The average molecular weight is 335 g/mol. The molecule has 1 aromatic heterocycles. The van der Waals surface area contributed by atoms with Crippen LogP contribution in [0.5, 0.6) is 0 Å². The average Bonchev–Trinajstić information content (AvgIpc) is 2.34. The predicted octanol–water partition coefficient (Wildman–Crippen LogP) is 4.01. The molecule has 106 valence electrons. The summed E-state index contributed by atoms with van der Waals surface area (Å²) in [6.07, 6.45) is 0.780. The van der Waals surface area contributed by atoms with Crippen molar-refractivity contribution in [3.05, 3.63) is 49.8 Å². The molecule has 1 N–H and O–H groups in total. The zero-order chi connectivity index (χ0) is 14.9. The summed E-state index contributed by atoms with van der Waals surface area (Å²) in [6.45, 7) is 8.32. The molecule has 0 saturated carbocycles. The largest absolute Gasteiger partial charge is 0.306 e. The Morgan fingerprint density at radius 2 is 2.00 bits per heavy atom. The van der Waals surface area contributed by atoms with Crippen molar-refractivity contribution >= 4 is 15.9 Å². The minimum absolute atomic E-state index is 0.120. The third kappa shape index (κ3) is 3.18. The number of aromatic amines is 1. The fraction of sp³-hybridized carbons (Fsp3) is 0.375. The summed E-state index contributed by atoms with van der Waals surface area (Å²) in [6, 6.07) is 6.14. The van der Waals surface area contributed by atoms with Gasteiger partial charge in [0.05, 0.1) is 5.69 Å². The molecule has 0 radical (unpaired) electrons. The van der Waals surface area contributed by atoms with E-state index in [0.717, 1.165) is 23.2 Å². The SMILES string of the molecule is Cc1ccc(-c2nc(CC(C)C)c(Br)c(=O)[nH]2)c(C)c1. The number of hydrogen-bond donors (Lipinski definition) is 1. The molecule has 0 amide bonds.